The van der Waals surface area contributed by atoms with E-state index in [1.54, 1.807) is 7.11 Å². The molecule has 0 amide bonds. The maximum atomic E-state index is 5.16. The van der Waals surface area contributed by atoms with Gasteiger partial charge in [-0.25, -0.2) is 0 Å². The van der Waals surface area contributed by atoms with Crippen molar-refractivity contribution in [3.63, 3.8) is 0 Å². The largest absolute Gasteiger partial charge is 0.383 e. The van der Waals surface area contributed by atoms with Gasteiger partial charge in [0.2, 0.25) is 0 Å². The van der Waals surface area contributed by atoms with Crippen molar-refractivity contribution >= 4 is 11.5 Å². The van der Waals surface area contributed by atoms with Gasteiger partial charge in [0.1, 0.15) is 5.82 Å². The van der Waals surface area contributed by atoms with Crippen molar-refractivity contribution in [2.75, 3.05) is 31.7 Å². The summed E-state index contributed by atoms with van der Waals surface area (Å²) in [7, 11) is 1.69. The first-order valence-corrected chi connectivity index (χ1v) is 7.05. The Morgan fingerprint density at radius 1 is 1.33 bits per heavy atom. The number of fused-ring (bicyclic) bond motifs is 1. The predicted molar refractivity (Wildman–Crippen MR) is 83.8 cm³/mol. The highest BCUT2D eigenvalue weighted by molar-refractivity contribution is 5.46. The molecular formula is C15H23N5O. The molecule has 21 heavy (non-hydrogen) atoms. The maximum absolute atomic E-state index is 5.16. The van der Waals surface area contributed by atoms with Crippen LogP contribution in [0.4, 0.5) is 5.82 Å². The van der Waals surface area contributed by atoms with E-state index in [0.717, 1.165) is 30.4 Å². The van der Waals surface area contributed by atoms with Crippen molar-refractivity contribution < 1.29 is 4.74 Å². The lowest BCUT2D eigenvalue weighted by molar-refractivity contribution is 0.205. The highest BCUT2D eigenvalue weighted by Crippen LogP contribution is 2.21. The molecule has 0 saturated carbocycles. The van der Waals surface area contributed by atoms with Crippen LogP contribution in [0.5, 0.6) is 0 Å². The fourth-order valence-corrected chi connectivity index (χ4v) is 2.07. The van der Waals surface area contributed by atoms with Gasteiger partial charge in [0, 0.05) is 25.6 Å². The van der Waals surface area contributed by atoms with Gasteiger partial charge in [0.05, 0.1) is 6.61 Å². The Hall–Kier alpha value is -1.95. The van der Waals surface area contributed by atoms with Crippen LogP contribution in [0.1, 0.15) is 26.6 Å². The minimum Gasteiger partial charge on any atom is -0.383 e. The second-order valence-corrected chi connectivity index (χ2v) is 5.96. The smallest absolute Gasteiger partial charge is 0.178 e. The fraction of sp³-hybridized carbons (Fsp3) is 0.533. The van der Waals surface area contributed by atoms with Crippen molar-refractivity contribution in [3.05, 3.63) is 30.6 Å². The monoisotopic (exact) mass is 289 g/mol. The van der Waals surface area contributed by atoms with E-state index in [4.69, 9.17) is 4.74 Å². The summed E-state index contributed by atoms with van der Waals surface area (Å²) in [5.41, 5.74) is 0.648. The molecule has 0 aliphatic heterocycles. The zero-order chi connectivity index (χ0) is 15.5. The molecule has 114 valence electrons. The lowest BCUT2D eigenvalue weighted by atomic mass is 9.96. The number of ether oxygens (including phenoxy) is 1. The Labute approximate surface area is 125 Å². The van der Waals surface area contributed by atoms with Crippen molar-refractivity contribution in [2.24, 2.45) is 0 Å². The molecule has 0 fully saturated rings. The summed E-state index contributed by atoms with van der Waals surface area (Å²) in [5.74, 6) is 1.72. The van der Waals surface area contributed by atoms with E-state index in [9.17, 15) is 0 Å². The maximum Gasteiger partial charge on any atom is 0.178 e. The molecule has 0 saturated heterocycles. The molecule has 0 N–H and O–H groups in total. The summed E-state index contributed by atoms with van der Waals surface area (Å²) in [6.45, 7) is 12.2. The van der Waals surface area contributed by atoms with Crippen LogP contribution >= 0.6 is 0 Å². The number of aromatic nitrogens is 4. The van der Waals surface area contributed by atoms with Crippen molar-refractivity contribution in [2.45, 2.75) is 26.2 Å². The fourth-order valence-electron chi connectivity index (χ4n) is 2.07. The molecule has 2 aromatic heterocycles. The van der Waals surface area contributed by atoms with Crippen molar-refractivity contribution in [3.8, 4) is 0 Å². The minimum absolute atomic E-state index is 0.110. The standard InChI is InChI=1S/C15H23N5O/c1-6-9-19(10-11-21-5)13-8-7-12-16-17-14(15(2,3)4)20(12)18-13/h6-8H,1,9-11H2,2-5H3. The van der Waals surface area contributed by atoms with E-state index < -0.39 is 0 Å². The Balaban J connectivity index is 2.41. The lowest BCUT2D eigenvalue weighted by Crippen LogP contribution is -2.29. The lowest BCUT2D eigenvalue weighted by Gasteiger charge is -2.22. The van der Waals surface area contributed by atoms with Crippen LogP contribution in [0, 0.1) is 0 Å². The zero-order valence-electron chi connectivity index (χ0n) is 13.2. The second-order valence-electron chi connectivity index (χ2n) is 5.96. The van der Waals surface area contributed by atoms with Crippen LogP contribution < -0.4 is 4.90 Å². The first-order valence-electron chi connectivity index (χ1n) is 7.05. The summed E-state index contributed by atoms with van der Waals surface area (Å²) in [4.78, 5) is 2.11. The average Bonchev–Trinajstić information content (AvgIpc) is 2.86. The minimum atomic E-state index is -0.110. The molecule has 0 unspecified atom stereocenters. The van der Waals surface area contributed by atoms with E-state index in [2.05, 4.69) is 47.5 Å². The quantitative estimate of drug-likeness (QED) is 0.762. The summed E-state index contributed by atoms with van der Waals surface area (Å²) in [6.07, 6.45) is 1.86. The molecule has 0 atom stereocenters. The molecule has 0 aliphatic rings. The topological polar surface area (TPSA) is 55.5 Å². The van der Waals surface area contributed by atoms with E-state index >= 15 is 0 Å². The molecule has 0 bridgehead atoms. The molecule has 6 heteroatoms. The van der Waals surface area contributed by atoms with E-state index in [1.807, 2.05) is 22.7 Å². The number of anilines is 1. The summed E-state index contributed by atoms with van der Waals surface area (Å²) >= 11 is 0. The van der Waals surface area contributed by atoms with Crippen LogP contribution in [-0.4, -0.2) is 46.6 Å². The van der Waals surface area contributed by atoms with Gasteiger partial charge in [-0.3, -0.25) is 0 Å². The number of hydrogen-bond donors (Lipinski definition) is 0. The van der Waals surface area contributed by atoms with Gasteiger partial charge >= 0.3 is 0 Å². The molecule has 2 rings (SSSR count). The van der Waals surface area contributed by atoms with Gasteiger partial charge in [-0.15, -0.1) is 21.9 Å². The van der Waals surface area contributed by atoms with Crippen LogP contribution in [-0.2, 0) is 10.2 Å². The van der Waals surface area contributed by atoms with Crippen LogP contribution in [0.2, 0.25) is 0 Å². The molecule has 0 radical (unpaired) electrons. The number of nitrogens with zero attached hydrogens (tertiary/aromatic N) is 5. The summed E-state index contributed by atoms with van der Waals surface area (Å²) in [6, 6.07) is 3.89. The Kier molecular flexibility index (Phi) is 4.57. The first-order chi connectivity index (χ1) is 9.97. The SMILES string of the molecule is C=CCN(CCOC)c1ccc2nnc(C(C)(C)C)n2n1. The average molecular weight is 289 g/mol. The molecule has 0 aromatic carbocycles. The first kappa shape index (κ1) is 15.4. The molecular weight excluding hydrogens is 266 g/mol. The van der Waals surface area contributed by atoms with E-state index in [0.29, 0.717) is 6.61 Å². The molecule has 2 heterocycles. The zero-order valence-corrected chi connectivity index (χ0v) is 13.2. The third-order valence-corrected chi connectivity index (χ3v) is 3.16. The predicted octanol–water partition coefficient (Wildman–Crippen LogP) is 2.06. The van der Waals surface area contributed by atoms with Gasteiger partial charge in [0.25, 0.3) is 0 Å². The number of hydrogen-bond acceptors (Lipinski definition) is 5. The van der Waals surface area contributed by atoms with Crippen LogP contribution in [0.15, 0.2) is 24.8 Å². The Bertz CT molecular complexity index is 614. The van der Waals surface area contributed by atoms with Crippen LogP contribution in [0.3, 0.4) is 0 Å². The highest BCUT2D eigenvalue weighted by Gasteiger charge is 2.22. The molecule has 0 spiro atoms. The number of methoxy groups -OCH3 is 1. The van der Waals surface area contributed by atoms with Gasteiger partial charge < -0.3 is 9.64 Å². The van der Waals surface area contributed by atoms with Gasteiger partial charge in [-0.05, 0) is 12.1 Å². The van der Waals surface area contributed by atoms with Gasteiger partial charge in [-0.1, -0.05) is 26.8 Å². The van der Waals surface area contributed by atoms with Gasteiger partial charge in [-0.2, -0.15) is 4.52 Å². The number of rotatable bonds is 6. The highest BCUT2D eigenvalue weighted by atomic mass is 16.5. The van der Waals surface area contributed by atoms with E-state index in [1.165, 1.54) is 0 Å². The Morgan fingerprint density at radius 2 is 2.10 bits per heavy atom. The summed E-state index contributed by atoms with van der Waals surface area (Å²) in [5, 5.41) is 13.1. The normalized spacial score (nSPS) is 11.8. The molecule has 0 aliphatic carbocycles. The van der Waals surface area contributed by atoms with Crippen LogP contribution in [0.25, 0.3) is 5.65 Å². The van der Waals surface area contributed by atoms with Crippen molar-refractivity contribution in [1.82, 2.24) is 19.8 Å². The second kappa shape index (κ2) is 6.22. The third-order valence-electron chi connectivity index (χ3n) is 3.16. The van der Waals surface area contributed by atoms with Gasteiger partial charge in [0.15, 0.2) is 11.5 Å². The molecule has 6 nitrogen and oxygen atoms in total. The Morgan fingerprint density at radius 3 is 2.71 bits per heavy atom. The summed E-state index contributed by atoms with van der Waals surface area (Å²) < 4.78 is 6.97. The van der Waals surface area contributed by atoms with E-state index in [-0.39, 0.29) is 5.41 Å². The van der Waals surface area contributed by atoms with Crippen molar-refractivity contribution in [1.29, 1.82) is 0 Å². The molecule has 2 aromatic rings. The third kappa shape index (κ3) is 3.39.